The van der Waals surface area contributed by atoms with E-state index in [4.69, 9.17) is 0 Å². The second kappa shape index (κ2) is 7.42. The van der Waals surface area contributed by atoms with Gasteiger partial charge in [-0.15, -0.1) is 0 Å². The summed E-state index contributed by atoms with van der Waals surface area (Å²) in [6.45, 7) is 4.67. The van der Waals surface area contributed by atoms with Gasteiger partial charge in [-0.3, -0.25) is 14.6 Å². The highest BCUT2D eigenvalue weighted by atomic mass is 16.2. The molecule has 5 heteroatoms. The van der Waals surface area contributed by atoms with Gasteiger partial charge in [0.15, 0.2) is 0 Å². The Labute approximate surface area is 107 Å². The molecule has 1 rings (SSSR count). The molecule has 1 heterocycles. The summed E-state index contributed by atoms with van der Waals surface area (Å²) in [6, 6.07) is 3.78. The number of hydrogen-bond acceptors (Lipinski definition) is 3. The Hall–Kier alpha value is -1.91. The maximum absolute atomic E-state index is 11.9. The van der Waals surface area contributed by atoms with Crippen LogP contribution in [0.15, 0.2) is 24.5 Å². The van der Waals surface area contributed by atoms with Gasteiger partial charge in [0, 0.05) is 32.4 Å². The van der Waals surface area contributed by atoms with Gasteiger partial charge in [-0.25, -0.2) is 0 Å². The van der Waals surface area contributed by atoms with E-state index in [1.807, 2.05) is 19.1 Å². The van der Waals surface area contributed by atoms with Crippen molar-refractivity contribution >= 4 is 11.8 Å². The van der Waals surface area contributed by atoms with E-state index < -0.39 is 0 Å². The summed E-state index contributed by atoms with van der Waals surface area (Å²) in [5, 5.41) is 2.52. The van der Waals surface area contributed by atoms with Crippen LogP contribution in [0.2, 0.25) is 0 Å². The Balaban J connectivity index is 2.58. The molecule has 98 valence electrons. The predicted molar refractivity (Wildman–Crippen MR) is 68.6 cm³/mol. The number of nitrogens with one attached hydrogen (secondary N) is 1. The molecule has 0 aromatic carbocycles. The van der Waals surface area contributed by atoms with Crippen LogP contribution in [-0.4, -0.2) is 34.8 Å². The lowest BCUT2D eigenvalue weighted by Crippen LogP contribution is -2.39. The van der Waals surface area contributed by atoms with Crippen LogP contribution >= 0.6 is 0 Å². The Morgan fingerprint density at radius 2 is 2.22 bits per heavy atom. The SMILES string of the molecule is CCCN(Cc1cccnc1)C(=O)CNC(C)=O. The minimum Gasteiger partial charge on any atom is -0.347 e. The standard InChI is InChI=1S/C13H19N3O2/c1-3-7-16(13(18)9-15-11(2)17)10-12-5-4-6-14-8-12/h4-6,8H,3,7,9-10H2,1-2H3,(H,15,17). The molecule has 1 N–H and O–H groups in total. The molecule has 2 amide bonds. The van der Waals surface area contributed by atoms with E-state index in [-0.39, 0.29) is 18.4 Å². The van der Waals surface area contributed by atoms with Crippen LogP contribution in [0.1, 0.15) is 25.8 Å². The van der Waals surface area contributed by atoms with Crippen molar-refractivity contribution in [2.75, 3.05) is 13.1 Å². The molecule has 0 unspecified atom stereocenters. The van der Waals surface area contributed by atoms with E-state index in [2.05, 4.69) is 10.3 Å². The Morgan fingerprint density at radius 1 is 1.44 bits per heavy atom. The molecule has 1 aromatic heterocycles. The lowest BCUT2D eigenvalue weighted by Gasteiger charge is -2.22. The number of aromatic nitrogens is 1. The molecule has 0 bridgehead atoms. The van der Waals surface area contributed by atoms with Gasteiger partial charge in [-0.2, -0.15) is 0 Å². The van der Waals surface area contributed by atoms with Crippen molar-refractivity contribution in [3.05, 3.63) is 30.1 Å². The second-order valence-electron chi connectivity index (χ2n) is 4.09. The lowest BCUT2D eigenvalue weighted by molar-refractivity contribution is -0.133. The van der Waals surface area contributed by atoms with Crippen molar-refractivity contribution in [3.63, 3.8) is 0 Å². The molecule has 0 radical (unpaired) electrons. The molecule has 18 heavy (non-hydrogen) atoms. The highest BCUT2D eigenvalue weighted by molar-refractivity contribution is 5.83. The number of hydrogen-bond donors (Lipinski definition) is 1. The van der Waals surface area contributed by atoms with Crippen LogP contribution in [0.3, 0.4) is 0 Å². The summed E-state index contributed by atoms with van der Waals surface area (Å²) in [4.78, 5) is 28.5. The maximum Gasteiger partial charge on any atom is 0.242 e. The highest BCUT2D eigenvalue weighted by Gasteiger charge is 2.13. The van der Waals surface area contributed by atoms with Gasteiger partial charge in [0.25, 0.3) is 0 Å². The molecular weight excluding hydrogens is 230 g/mol. The Bertz CT molecular complexity index is 392. The summed E-state index contributed by atoms with van der Waals surface area (Å²) < 4.78 is 0. The number of carbonyl (C=O) groups excluding carboxylic acids is 2. The van der Waals surface area contributed by atoms with Crippen LogP contribution in [0.4, 0.5) is 0 Å². The Kier molecular flexibility index (Phi) is 5.84. The fourth-order valence-corrected chi connectivity index (χ4v) is 1.59. The zero-order valence-corrected chi connectivity index (χ0v) is 10.8. The first kappa shape index (κ1) is 14.2. The normalized spacial score (nSPS) is 9.89. The van der Waals surface area contributed by atoms with Crippen LogP contribution in [0, 0.1) is 0 Å². The fourth-order valence-electron chi connectivity index (χ4n) is 1.59. The molecule has 1 aromatic rings. The fraction of sp³-hybridized carbons (Fsp3) is 0.462. The minimum absolute atomic E-state index is 0.0512. The molecule has 0 atom stereocenters. The van der Waals surface area contributed by atoms with Crippen molar-refractivity contribution in [2.45, 2.75) is 26.8 Å². The van der Waals surface area contributed by atoms with Gasteiger partial charge in [-0.05, 0) is 18.1 Å². The average molecular weight is 249 g/mol. The van der Waals surface area contributed by atoms with E-state index >= 15 is 0 Å². The van der Waals surface area contributed by atoms with E-state index in [0.29, 0.717) is 13.1 Å². The van der Waals surface area contributed by atoms with Gasteiger partial charge >= 0.3 is 0 Å². The van der Waals surface area contributed by atoms with Gasteiger partial charge in [0.05, 0.1) is 6.54 Å². The molecule has 0 aliphatic heterocycles. The van der Waals surface area contributed by atoms with Crippen LogP contribution < -0.4 is 5.32 Å². The summed E-state index contributed by atoms with van der Waals surface area (Å²) in [7, 11) is 0. The van der Waals surface area contributed by atoms with E-state index in [0.717, 1.165) is 12.0 Å². The third-order valence-electron chi connectivity index (χ3n) is 2.43. The number of amides is 2. The smallest absolute Gasteiger partial charge is 0.242 e. The highest BCUT2D eigenvalue weighted by Crippen LogP contribution is 2.04. The van der Waals surface area contributed by atoms with Crippen molar-refractivity contribution in [3.8, 4) is 0 Å². The summed E-state index contributed by atoms with van der Waals surface area (Å²) in [6.07, 6.45) is 4.33. The van der Waals surface area contributed by atoms with Crippen molar-refractivity contribution in [1.29, 1.82) is 0 Å². The maximum atomic E-state index is 11.9. The topological polar surface area (TPSA) is 62.3 Å². The van der Waals surface area contributed by atoms with Gasteiger partial charge in [-0.1, -0.05) is 13.0 Å². The molecular formula is C13H19N3O2. The third kappa shape index (κ3) is 4.95. The zero-order chi connectivity index (χ0) is 13.4. The van der Waals surface area contributed by atoms with Gasteiger partial charge < -0.3 is 10.2 Å². The van der Waals surface area contributed by atoms with Crippen molar-refractivity contribution in [1.82, 2.24) is 15.2 Å². The first-order valence-electron chi connectivity index (χ1n) is 6.04. The Morgan fingerprint density at radius 3 is 2.78 bits per heavy atom. The van der Waals surface area contributed by atoms with Crippen molar-refractivity contribution in [2.24, 2.45) is 0 Å². The molecule has 0 saturated carbocycles. The minimum atomic E-state index is -0.193. The van der Waals surface area contributed by atoms with Crippen LogP contribution in [0.25, 0.3) is 0 Å². The lowest BCUT2D eigenvalue weighted by atomic mass is 10.2. The summed E-state index contributed by atoms with van der Waals surface area (Å²) in [5.41, 5.74) is 0.988. The molecule has 0 aliphatic carbocycles. The first-order chi connectivity index (χ1) is 8.63. The van der Waals surface area contributed by atoms with Crippen molar-refractivity contribution < 1.29 is 9.59 Å². The van der Waals surface area contributed by atoms with Crippen LogP contribution in [-0.2, 0) is 16.1 Å². The molecule has 0 fully saturated rings. The van der Waals surface area contributed by atoms with E-state index in [9.17, 15) is 9.59 Å². The summed E-state index contributed by atoms with van der Waals surface area (Å²) in [5.74, 6) is -0.267. The average Bonchev–Trinajstić information content (AvgIpc) is 2.36. The van der Waals surface area contributed by atoms with E-state index in [1.165, 1.54) is 6.92 Å². The molecule has 5 nitrogen and oxygen atoms in total. The molecule has 0 aliphatic rings. The first-order valence-corrected chi connectivity index (χ1v) is 6.04. The molecule has 0 spiro atoms. The number of pyridine rings is 1. The predicted octanol–water partition coefficient (Wildman–Crippen LogP) is 0.956. The van der Waals surface area contributed by atoms with Crippen LogP contribution in [0.5, 0.6) is 0 Å². The van der Waals surface area contributed by atoms with Gasteiger partial charge in [0.2, 0.25) is 11.8 Å². The van der Waals surface area contributed by atoms with Gasteiger partial charge in [0.1, 0.15) is 0 Å². The zero-order valence-electron chi connectivity index (χ0n) is 10.8. The second-order valence-corrected chi connectivity index (χ2v) is 4.09. The largest absolute Gasteiger partial charge is 0.347 e. The number of carbonyl (C=O) groups is 2. The number of rotatable bonds is 6. The number of nitrogens with zero attached hydrogens (tertiary/aromatic N) is 2. The molecule has 0 saturated heterocycles. The van der Waals surface area contributed by atoms with E-state index in [1.54, 1.807) is 17.3 Å². The monoisotopic (exact) mass is 249 g/mol. The quantitative estimate of drug-likeness (QED) is 0.816. The third-order valence-corrected chi connectivity index (χ3v) is 2.43. The summed E-state index contributed by atoms with van der Waals surface area (Å²) >= 11 is 0.